The van der Waals surface area contributed by atoms with Gasteiger partial charge in [0, 0.05) is 23.5 Å². The zero-order valence-corrected chi connectivity index (χ0v) is 24.8. The topological polar surface area (TPSA) is 138 Å². The van der Waals surface area contributed by atoms with Crippen molar-refractivity contribution in [3.8, 4) is 0 Å². The van der Waals surface area contributed by atoms with Gasteiger partial charge in [0.05, 0.1) is 0 Å². The van der Waals surface area contributed by atoms with Gasteiger partial charge in [-0.25, -0.2) is 20.5 Å². The van der Waals surface area contributed by atoms with E-state index in [1.54, 1.807) is 29.6 Å². The number of ether oxygens (including phenoxy) is 1. The van der Waals surface area contributed by atoms with Crippen molar-refractivity contribution >= 4 is 40.6 Å². The number of hydrazine groups is 1. The molecule has 4 rings (SSSR count). The maximum absolute atomic E-state index is 14.3. The molecule has 12 heteroatoms. The monoisotopic (exact) mass is 581 g/mol. The summed E-state index contributed by atoms with van der Waals surface area (Å²) in [6.07, 6.45) is 3.18. The molecule has 1 aliphatic carbocycles. The fourth-order valence-electron chi connectivity index (χ4n) is 4.85. The van der Waals surface area contributed by atoms with Gasteiger partial charge in [0.1, 0.15) is 17.5 Å². The molecule has 2 atom stereocenters. The molecule has 41 heavy (non-hydrogen) atoms. The van der Waals surface area contributed by atoms with E-state index in [9.17, 15) is 19.2 Å². The third-order valence-corrected chi connectivity index (χ3v) is 7.69. The number of anilines is 1. The van der Waals surface area contributed by atoms with Gasteiger partial charge in [0.15, 0.2) is 10.8 Å². The van der Waals surface area contributed by atoms with E-state index in [1.807, 2.05) is 26.2 Å². The number of nitrogens with one attached hydrogen (secondary N) is 1. The van der Waals surface area contributed by atoms with E-state index >= 15 is 0 Å². The average Bonchev–Trinajstić information content (AvgIpc) is 3.56. The number of nitrogens with two attached hydrogens (primary N) is 1. The Labute approximate surface area is 244 Å². The quantitative estimate of drug-likeness (QED) is 0.175. The summed E-state index contributed by atoms with van der Waals surface area (Å²) in [6, 6.07) is 7.18. The average molecular weight is 582 g/mol. The molecule has 1 radical (unpaired) electrons. The minimum atomic E-state index is -1.21. The molecule has 11 nitrogen and oxygen atoms in total. The first-order valence-corrected chi connectivity index (χ1v) is 14.6. The number of urea groups is 1. The first kappa shape index (κ1) is 30.2. The van der Waals surface area contributed by atoms with Crippen molar-refractivity contribution in [1.29, 1.82) is 0 Å². The Bertz CT molecular complexity index is 1310. The van der Waals surface area contributed by atoms with E-state index in [1.165, 1.54) is 18.3 Å². The first-order valence-electron chi connectivity index (χ1n) is 13.8. The van der Waals surface area contributed by atoms with Crippen LogP contribution in [0.25, 0.3) is 0 Å². The van der Waals surface area contributed by atoms with Gasteiger partial charge in [-0.2, -0.15) is 0 Å². The number of carbonyl (C=O) groups excluding carboxylic acids is 4. The molecule has 2 heterocycles. The molecule has 219 valence electrons. The molecule has 1 aromatic heterocycles. The molecule has 0 bridgehead atoms. The van der Waals surface area contributed by atoms with Crippen molar-refractivity contribution in [2.45, 2.75) is 72.2 Å². The minimum Gasteiger partial charge on any atom is -0.468 e. The van der Waals surface area contributed by atoms with Gasteiger partial charge in [-0.3, -0.25) is 24.7 Å². The van der Waals surface area contributed by atoms with Crippen molar-refractivity contribution < 1.29 is 23.9 Å². The van der Waals surface area contributed by atoms with Crippen LogP contribution in [0.3, 0.4) is 0 Å². The number of hydrogen-bond acceptors (Lipinski definition) is 9. The molecule has 3 N–H and O–H groups in total. The van der Waals surface area contributed by atoms with Crippen LogP contribution in [0.5, 0.6) is 0 Å². The van der Waals surface area contributed by atoms with Gasteiger partial charge in [-0.1, -0.05) is 58.0 Å². The summed E-state index contributed by atoms with van der Waals surface area (Å²) in [5, 5.41) is 2.30. The van der Waals surface area contributed by atoms with E-state index in [-0.39, 0.29) is 29.5 Å². The lowest BCUT2D eigenvalue weighted by Gasteiger charge is -2.30. The van der Waals surface area contributed by atoms with Crippen LogP contribution >= 0.6 is 11.3 Å². The van der Waals surface area contributed by atoms with Crippen LogP contribution in [-0.4, -0.2) is 57.5 Å². The van der Waals surface area contributed by atoms with Crippen molar-refractivity contribution in [3.63, 3.8) is 0 Å². The van der Waals surface area contributed by atoms with Gasteiger partial charge in [-0.15, -0.1) is 11.3 Å². The van der Waals surface area contributed by atoms with E-state index < -0.39 is 30.1 Å². The highest BCUT2D eigenvalue weighted by Gasteiger charge is 2.45. The summed E-state index contributed by atoms with van der Waals surface area (Å²) in [6.45, 7) is 10.3. The lowest BCUT2D eigenvalue weighted by Crippen LogP contribution is -2.51. The fraction of sp³-hybridized carbons (Fsp3) is 0.483. The van der Waals surface area contributed by atoms with Crippen molar-refractivity contribution in [2.24, 2.45) is 17.7 Å². The molecule has 2 aromatic rings. The highest BCUT2D eigenvalue weighted by atomic mass is 32.1. The summed E-state index contributed by atoms with van der Waals surface area (Å²) in [5.41, 5.74) is 2.49. The van der Waals surface area contributed by atoms with E-state index in [0.717, 1.165) is 29.2 Å². The number of hydrogen-bond donors (Lipinski definition) is 2. The van der Waals surface area contributed by atoms with Crippen LogP contribution in [-0.2, 0) is 14.3 Å². The second-order valence-electron chi connectivity index (χ2n) is 11.1. The molecule has 1 saturated carbocycles. The lowest BCUT2D eigenvalue weighted by atomic mass is 10.0. The molecule has 1 fully saturated rings. The zero-order valence-electron chi connectivity index (χ0n) is 24.0. The zero-order chi connectivity index (χ0) is 29.8. The van der Waals surface area contributed by atoms with Crippen molar-refractivity contribution in [2.75, 3.05) is 11.4 Å². The van der Waals surface area contributed by atoms with Crippen LogP contribution in [0.2, 0.25) is 0 Å². The van der Waals surface area contributed by atoms with E-state index in [2.05, 4.69) is 29.2 Å². The van der Waals surface area contributed by atoms with Gasteiger partial charge < -0.3 is 9.64 Å². The molecule has 4 amide bonds. The molecule has 1 aliphatic heterocycles. The third kappa shape index (κ3) is 6.59. The summed E-state index contributed by atoms with van der Waals surface area (Å²) < 4.78 is 5.96. The fourth-order valence-corrected chi connectivity index (χ4v) is 5.73. The number of nitrogens with zero attached hydrogens (tertiary/aromatic N) is 4. The Morgan fingerprint density at radius 2 is 1.83 bits per heavy atom. The summed E-state index contributed by atoms with van der Waals surface area (Å²) in [7, 11) is 0. The summed E-state index contributed by atoms with van der Waals surface area (Å²) in [5.74, 6) is 4.33. The smallest absolute Gasteiger partial charge is 0.339 e. The minimum absolute atomic E-state index is 0.0395. The maximum atomic E-state index is 14.3. The molecule has 2 aliphatic rings. The highest BCUT2D eigenvalue weighted by Crippen LogP contribution is 2.38. The number of rotatable bonds is 11. The molecule has 0 spiro atoms. The number of carbonyl (C=O) groups is 3. The standard InChI is InChI=1S/C29H37N6O5S/c1-17(2)13-22(15-36)34(25(37)23-16-41-29(31-23)33(14-18(3)4)21-11-12-21)26(38)24-19(5)40-27(35(24)28(39)32-30)20-9-7-6-8-10-20/h6-10,16-18,21-22,27H,11-14,30H2,1-5H3,(H,32,39)/t22-,27?/m0/s1. The number of allylic oxidation sites excluding steroid dienone is 1. The van der Waals surface area contributed by atoms with Crippen LogP contribution in [0.4, 0.5) is 9.93 Å². The van der Waals surface area contributed by atoms with E-state index in [4.69, 9.17) is 10.6 Å². The predicted molar refractivity (Wildman–Crippen MR) is 155 cm³/mol. The van der Waals surface area contributed by atoms with Crippen LogP contribution in [0.15, 0.2) is 47.2 Å². The van der Waals surface area contributed by atoms with Gasteiger partial charge in [-0.05, 0) is 38.0 Å². The van der Waals surface area contributed by atoms with Gasteiger partial charge in [0.25, 0.3) is 11.8 Å². The second-order valence-corrected chi connectivity index (χ2v) is 12.0. The maximum Gasteiger partial charge on any atom is 0.339 e. The van der Waals surface area contributed by atoms with Gasteiger partial charge >= 0.3 is 6.03 Å². The third-order valence-electron chi connectivity index (χ3n) is 6.81. The first-order chi connectivity index (χ1) is 19.6. The SMILES string of the molecule is CC1=C(C(=O)N(C(=O)c2csc(N(CC(C)C)C3CC3)n2)[C@H]([C]=O)CC(C)C)N(C(=O)NN)C(c2ccccc2)O1. The van der Waals surface area contributed by atoms with Gasteiger partial charge in [0.2, 0.25) is 12.5 Å². The summed E-state index contributed by atoms with van der Waals surface area (Å²) in [4.78, 5) is 62.3. The van der Waals surface area contributed by atoms with E-state index in [0.29, 0.717) is 22.7 Å². The molecule has 1 unspecified atom stereocenters. The van der Waals surface area contributed by atoms with Crippen LogP contribution in [0, 0.1) is 11.8 Å². The van der Waals surface area contributed by atoms with Crippen molar-refractivity contribution in [3.05, 3.63) is 58.4 Å². The molecule has 1 aromatic carbocycles. The largest absolute Gasteiger partial charge is 0.468 e. The predicted octanol–water partition coefficient (Wildman–Crippen LogP) is 4.11. The van der Waals surface area contributed by atoms with Crippen molar-refractivity contribution in [1.82, 2.24) is 20.2 Å². The normalized spacial score (nSPS) is 17.5. The number of amides is 4. The Balaban J connectivity index is 1.73. The molecular formula is C29H37N6O5S. The van der Waals surface area contributed by atoms with Crippen LogP contribution in [0.1, 0.15) is 76.2 Å². The molecular weight excluding hydrogens is 544 g/mol. The lowest BCUT2D eigenvalue weighted by molar-refractivity contribution is -0.127. The number of thiazole rings is 1. The second kappa shape index (κ2) is 12.8. The Kier molecular flexibility index (Phi) is 9.44. The number of aromatic nitrogens is 1. The Hall–Kier alpha value is -3.77. The summed E-state index contributed by atoms with van der Waals surface area (Å²) >= 11 is 1.33. The highest BCUT2D eigenvalue weighted by molar-refractivity contribution is 7.14. The number of imide groups is 1. The Morgan fingerprint density at radius 3 is 2.39 bits per heavy atom. The molecule has 0 saturated heterocycles. The number of benzene rings is 1. The van der Waals surface area contributed by atoms with Crippen LogP contribution < -0.4 is 16.2 Å². The Morgan fingerprint density at radius 1 is 1.15 bits per heavy atom.